The SMILES string of the molecule is Cn1ccnc1SCC(=O)c1ccc(Cl)cc1.[Br-]. The van der Waals surface area contributed by atoms with Crippen LogP contribution in [0.2, 0.25) is 5.02 Å². The van der Waals surface area contributed by atoms with Crippen molar-refractivity contribution < 1.29 is 21.8 Å². The van der Waals surface area contributed by atoms with Gasteiger partial charge in [-0.2, -0.15) is 0 Å². The van der Waals surface area contributed by atoms with E-state index in [-0.39, 0.29) is 22.8 Å². The van der Waals surface area contributed by atoms with Crippen LogP contribution >= 0.6 is 23.4 Å². The Balaban J connectivity index is 0.00000162. The van der Waals surface area contributed by atoms with Crippen molar-refractivity contribution in [3.63, 3.8) is 0 Å². The highest BCUT2D eigenvalue weighted by atomic mass is 79.9. The number of hydrogen-bond donors (Lipinski definition) is 0. The van der Waals surface area contributed by atoms with E-state index in [1.807, 2.05) is 17.8 Å². The van der Waals surface area contributed by atoms with Gasteiger partial charge >= 0.3 is 0 Å². The van der Waals surface area contributed by atoms with Gasteiger partial charge in [0.05, 0.1) is 5.75 Å². The minimum atomic E-state index is 0. The molecule has 0 atom stereocenters. The molecule has 0 amide bonds. The molecule has 0 N–H and O–H groups in total. The average Bonchev–Trinajstić information content (AvgIpc) is 2.73. The lowest BCUT2D eigenvalue weighted by Crippen LogP contribution is -3.00. The van der Waals surface area contributed by atoms with Crippen LogP contribution in [0, 0.1) is 0 Å². The first-order valence-corrected chi connectivity index (χ1v) is 6.42. The number of aromatic nitrogens is 2. The van der Waals surface area contributed by atoms with Crippen molar-refractivity contribution in [3.8, 4) is 0 Å². The third kappa shape index (κ3) is 3.86. The zero-order valence-corrected chi connectivity index (χ0v) is 12.8. The molecule has 0 aliphatic carbocycles. The molecule has 0 aliphatic rings. The molecule has 0 fully saturated rings. The number of benzene rings is 1. The number of Topliss-reactive ketones (excluding diaryl/α,β-unsaturated/α-hetero) is 1. The van der Waals surface area contributed by atoms with E-state index in [1.54, 1.807) is 30.5 Å². The zero-order chi connectivity index (χ0) is 12.3. The molecule has 0 spiro atoms. The summed E-state index contributed by atoms with van der Waals surface area (Å²) in [6.45, 7) is 0. The quantitative estimate of drug-likeness (QED) is 0.580. The predicted octanol–water partition coefficient (Wildman–Crippen LogP) is 0.0525. The van der Waals surface area contributed by atoms with E-state index in [9.17, 15) is 4.79 Å². The van der Waals surface area contributed by atoms with E-state index in [0.717, 1.165) is 5.16 Å². The maximum Gasteiger partial charge on any atom is 0.173 e. The number of carbonyl (C=O) groups excluding carboxylic acids is 1. The molecule has 2 rings (SSSR count). The van der Waals surface area contributed by atoms with E-state index in [2.05, 4.69) is 4.98 Å². The molecule has 1 aromatic carbocycles. The van der Waals surface area contributed by atoms with Gasteiger partial charge in [-0.3, -0.25) is 4.79 Å². The summed E-state index contributed by atoms with van der Waals surface area (Å²) in [7, 11) is 1.90. The fourth-order valence-corrected chi connectivity index (χ4v) is 2.29. The van der Waals surface area contributed by atoms with Gasteiger partial charge in [0.25, 0.3) is 0 Å². The zero-order valence-electron chi connectivity index (χ0n) is 9.64. The molecular weight excluding hydrogens is 336 g/mol. The fourth-order valence-electron chi connectivity index (χ4n) is 1.34. The number of imidazole rings is 1. The summed E-state index contributed by atoms with van der Waals surface area (Å²) in [5, 5.41) is 1.48. The van der Waals surface area contributed by atoms with Gasteiger partial charge in [0.15, 0.2) is 10.9 Å². The molecule has 18 heavy (non-hydrogen) atoms. The van der Waals surface area contributed by atoms with Gasteiger partial charge in [-0.25, -0.2) is 4.98 Å². The Kier molecular flexibility index (Phi) is 5.91. The van der Waals surface area contributed by atoms with Crippen LogP contribution in [0.5, 0.6) is 0 Å². The van der Waals surface area contributed by atoms with Crippen LogP contribution in [0.4, 0.5) is 0 Å². The largest absolute Gasteiger partial charge is 1.00 e. The normalized spacial score (nSPS) is 9.89. The van der Waals surface area contributed by atoms with Crippen molar-refractivity contribution in [2.45, 2.75) is 5.16 Å². The van der Waals surface area contributed by atoms with Crippen molar-refractivity contribution >= 4 is 29.1 Å². The maximum absolute atomic E-state index is 11.9. The lowest BCUT2D eigenvalue weighted by molar-refractivity contribution is -0.0000112. The molecule has 1 aromatic heterocycles. The molecule has 0 bridgehead atoms. The van der Waals surface area contributed by atoms with Crippen molar-refractivity contribution in [1.29, 1.82) is 0 Å². The van der Waals surface area contributed by atoms with Crippen LogP contribution in [0.25, 0.3) is 0 Å². The topological polar surface area (TPSA) is 34.9 Å². The lowest BCUT2D eigenvalue weighted by atomic mass is 10.1. The molecule has 0 radical (unpaired) electrons. The number of hydrogen-bond acceptors (Lipinski definition) is 3. The molecule has 0 aliphatic heterocycles. The third-order valence-corrected chi connectivity index (χ3v) is 3.59. The third-order valence-electron chi connectivity index (χ3n) is 2.28. The highest BCUT2D eigenvalue weighted by Gasteiger charge is 2.08. The second-order valence-electron chi connectivity index (χ2n) is 3.54. The Hall–Kier alpha value is -0.780. The molecule has 6 heteroatoms. The summed E-state index contributed by atoms with van der Waals surface area (Å²) < 4.78 is 1.89. The molecule has 0 unspecified atom stereocenters. The van der Waals surface area contributed by atoms with Crippen LogP contribution in [0.15, 0.2) is 41.8 Å². The standard InChI is InChI=1S/C12H11ClN2OS.BrH/c1-15-7-6-14-12(15)17-8-11(16)9-2-4-10(13)5-3-9;/h2-7H,8H2,1H3;1H/p-1. The number of thioether (sulfide) groups is 1. The average molecular weight is 347 g/mol. The second kappa shape index (κ2) is 6.97. The molecule has 0 saturated carbocycles. The number of rotatable bonds is 4. The van der Waals surface area contributed by atoms with E-state index < -0.39 is 0 Å². The van der Waals surface area contributed by atoms with E-state index in [4.69, 9.17) is 11.6 Å². The van der Waals surface area contributed by atoms with Gasteiger partial charge in [0.1, 0.15) is 0 Å². The second-order valence-corrected chi connectivity index (χ2v) is 4.92. The van der Waals surface area contributed by atoms with Gasteiger partial charge < -0.3 is 21.5 Å². The molecular formula is C12H11BrClN2OS-. The maximum atomic E-state index is 11.9. The van der Waals surface area contributed by atoms with Crippen LogP contribution in [-0.2, 0) is 7.05 Å². The highest BCUT2D eigenvalue weighted by molar-refractivity contribution is 7.99. The van der Waals surface area contributed by atoms with Gasteiger partial charge in [-0.15, -0.1) is 0 Å². The van der Waals surface area contributed by atoms with Crippen LogP contribution < -0.4 is 17.0 Å². The number of carbonyl (C=O) groups is 1. The first-order valence-electron chi connectivity index (χ1n) is 5.05. The molecule has 96 valence electrons. The summed E-state index contributed by atoms with van der Waals surface area (Å²) in [6, 6.07) is 6.92. The Bertz CT molecular complexity index is 527. The summed E-state index contributed by atoms with van der Waals surface area (Å²) in [6.07, 6.45) is 3.57. The minimum absolute atomic E-state index is 0. The number of aryl methyl sites for hydroxylation is 1. The van der Waals surface area contributed by atoms with Crippen LogP contribution in [0.3, 0.4) is 0 Å². The van der Waals surface area contributed by atoms with Crippen molar-refractivity contribution in [2.75, 3.05) is 5.75 Å². The van der Waals surface area contributed by atoms with Gasteiger partial charge in [0, 0.05) is 30.0 Å². The van der Waals surface area contributed by atoms with Crippen LogP contribution in [0.1, 0.15) is 10.4 Å². The van der Waals surface area contributed by atoms with Gasteiger partial charge in [-0.05, 0) is 24.3 Å². The van der Waals surface area contributed by atoms with E-state index in [0.29, 0.717) is 16.3 Å². The number of ketones is 1. The first-order chi connectivity index (χ1) is 8.16. The predicted molar refractivity (Wildman–Crippen MR) is 69.7 cm³/mol. The lowest BCUT2D eigenvalue weighted by Gasteiger charge is -2.01. The minimum Gasteiger partial charge on any atom is -1.00 e. The Labute approximate surface area is 125 Å². The monoisotopic (exact) mass is 345 g/mol. The molecule has 0 saturated heterocycles. The van der Waals surface area contributed by atoms with E-state index >= 15 is 0 Å². The number of halogens is 2. The molecule has 3 nitrogen and oxygen atoms in total. The smallest absolute Gasteiger partial charge is 0.173 e. The first kappa shape index (κ1) is 15.3. The van der Waals surface area contributed by atoms with Crippen molar-refractivity contribution in [3.05, 3.63) is 47.2 Å². The molecule has 1 heterocycles. The summed E-state index contributed by atoms with van der Waals surface area (Å²) in [4.78, 5) is 16.0. The van der Waals surface area contributed by atoms with Crippen LogP contribution in [-0.4, -0.2) is 21.1 Å². The summed E-state index contributed by atoms with van der Waals surface area (Å²) in [5.41, 5.74) is 0.677. The fraction of sp³-hybridized carbons (Fsp3) is 0.167. The Morgan fingerprint density at radius 1 is 1.39 bits per heavy atom. The summed E-state index contributed by atoms with van der Waals surface area (Å²) in [5.74, 6) is 0.460. The molecule has 2 aromatic rings. The van der Waals surface area contributed by atoms with Gasteiger partial charge in [-0.1, -0.05) is 23.4 Å². The van der Waals surface area contributed by atoms with E-state index in [1.165, 1.54) is 11.8 Å². The summed E-state index contributed by atoms with van der Waals surface area (Å²) >= 11 is 7.20. The van der Waals surface area contributed by atoms with Crippen molar-refractivity contribution in [1.82, 2.24) is 9.55 Å². The number of nitrogens with zero attached hydrogens (tertiary/aromatic N) is 2. The Morgan fingerprint density at radius 2 is 2.06 bits per heavy atom. The van der Waals surface area contributed by atoms with Crippen molar-refractivity contribution in [2.24, 2.45) is 7.05 Å². The Morgan fingerprint density at radius 3 is 2.61 bits per heavy atom. The highest BCUT2D eigenvalue weighted by Crippen LogP contribution is 2.17. The van der Waals surface area contributed by atoms with Gasteiger partial charge in [0.2, 0.25) is 0 Å².